The molecule has 0 amide bonds. The number of benzene rings is 2. The summed E-state index contributed by atoms with van der Waals surface area (Å²) in [5.41, 5.74) is 0.320. The zero-order chi connectivity index (χ0) is 18.5. The molecule has 5 heteroatoms. The van der Waals surface area contributed by atoms with Crippen LogP contribution in [-0.4, -0.2) is 11.9 Å². The molecule has 2 aromatic rings. The van der Waals surface area contributed by atoms with Crippen LogP contribution in [0, 0.1) is 17.7 Å². The predicted octanol–water partition coefficient (Wildman–Crippen LogP) is 4.78. The van der Waals surface area contributed by atoms with Crippen LogP contribution in [0.4, 0.5) is 4.39 Å². The van der Waals surface area contributed by atoms with E-state index in [0.717, 1.165) is 25.7 Å². The van der Waals surface area contributed by atoms with Gasteiger partial charge in [0.25, 0.3) is 0 Å². The number of carbonyl (C=O) groups excluding carboxylic acids is 2. The second-order valence-electron chi connectivity index (χ2n) is 6.75. The zero-order valence-corrected chi connectivity index (χ0v) is 14.6. The standard InChI is InChI=1S/C21H21FO4/c1-14-2-4-15(5-3-14)20(23)25-18-10-6-16(7-11-18)21(24)26-19-12-8-17(22)9-13-19/h6-15H,2-5H2,1H3. The molecule has 1 aliphatic carbocycles. The molecule has 0 atom stereocenters. The van der Waals surface area contributed by atoms with E-state index in [1.165, 1.54) is 36.4 Å². The van der Waals surface area contributed by atoms with Gasteiger partial charge in [-0.2, -0.15) is 0 Å². The van der Waals surface area contributed by atoms with E-state index in [2.05, 4.69) is 6.92 Å². The van der Waals surface area contributed by atoms with Crippen molar-refractivity contribution < 1.29 is 23.5 Å². The maximum absolute atomic E-state index is 12.9. The highest BCUT2D eigenvalue weighted by atomic mass is 19.1. The third-order valence-corrected chi connectivity index (χ3v) is 4.68. The van der Waals surface area contributed by atoms with Crippen LogP contribution in [-0.2, 0) is 4.79 Å². The Balaban J connectivity index is 1.56. The molecule has 0 unspecified atom stereocenters. The van der Waals surface area contributed by atoms with Gasteiger partial charge in [-0.05, 0) is 80.1 Å². The van der Waals surface area contributed by atoms with Gasteiger partial charge in [-0.25, -0.2) is 9.18 Å². The van der Waals surface area contributed by atoms with E-state index in [9.17, 15) is 14.0 Å². The van der Waals surface area contributed by atoms with Crippen LogP contribution in [0.5, 0.6) is 11.5 Å². The highest BCUT2D eigenvalue weighted by Crippen LogP contribution is 2.29. The van der Waals surface area contributed by atoms with Gasteiger partial charge in [-0.1, -0.05) is 6.92 Å². The molecule has 0 heterocycles. The topological polar surface area (TPSA) is 52.6 Å². The Morgan fingerprint density at radius 3 is 2.00 bits per heavy atom. The monoisotopic (exact) mass is 356 g/mol. The Morgan fingerprint density at radius 1 is 0.846 bits per heavy atom. The number of hydrogen-bond donors (Lipinski definition) is 0. The third kappa shape index (κ3) is 4.69. The van der Waals surface area contributed by atoms with Gasteiger partial charge in [-0.15, -0.1) is 0 Å². The summed E-state index contributed by atoms with van der Waals surface area (Å²) in [7, 11) is 0. The second kappa shape index (κ2) is 8.13. The van der Waals surface area contributed by atoms with E-state index in [0.29, 0.717) is 17.2 Å². The molecule has 0 saturated heterocycles. The van der Waals surface area contributed by atoms with Crippen molar-refractivity contribution >= 4 is 11.9 Å². The fourth-order valence-electron chi connectivity index (χ4n) is 3.02. The average molecular weight is 356 g/mol. The van der Waals surface area contributed by atoms with Gasteiger partial charge in [0.05, 0.1) is 11.5 Å². The van der Waals surface area contributed by atoms with E-state index in [-0.39, 0.29) is 17.6 Å². The molecule has 0 spiro atoms. The first-order valence-electron chi connectivity index (χ1n) is 8.81. The summed E-state index contributed by atoms with van der Waals surface area (Å²) in [5, 5.41) is 0. The summed E-state index contributed by atoms with van der Waals surface area (Å²) in [6.07, 6.45) is 3.83. The molecular weight excluding hydrogens is 335 g/mol. The van der Waals surface area contributed by atoms with Crippen LogP contribution in [0.2, 0.25) is 0 Å². The minimum Gasteiger partial charge on any atom is -0.426 e. The Labute approximate surface area is 151 Å². The first-order chi connectivity index (χ1) is 12.5. The lowest BCUT2D eigenvalue weighted by Crippen LogP contribution is -2.24. The number of hydrogen-bond acceptors (Lipinski definition) is 4. The summed E-state index contributed by atoms with van der Waals surface area (Å²) < 4.78 is 23.5. The molecule has 26 heavy (non-hydrogen) atoms. The quantitative estimate of drug-likeness (QED) is 0.584. The maximum atomic E-state index is 12.9. The molecule has 0 radical (unpaired) electrons. The van der Waals surface area contributed by atoms with E-state index in [1.807, 2.05) is 0 Å². The Hall–Kier alpha value is -2.69. The lowest BCUT2D eigenvalue weighted by atomic mass is 9.83. The lowest BCUT2D eigenvalue weighted by Gasteiger charge is -2.24. The summed E-state index contributed by atoms with van der Waals surface area (Å²) in [6, 6.07) is 11.4. The van der Waals surface area contributed by atoms with E-state index in [4.69, 9.17) is 9.47 Å². The fourth-order valence-corrected chi connectivity index (χ4v) is 3.02. The van der Waals surface area contributed by atoms with Crippen LogP contribution in [0.15, 0.2) is 48.5 Å². The Bertz CT molecular complexity index is 760. The number of esters is 2. The van der Waals surface area contributed by atoms with Gasteiger partial charge < -0.3 is 9.47 Å². The summed E-state index contributed by atoms with van der Waals surface area (Å²) in [5.74, 6) is 0.128. The first kappa shape index (κ1) is 18.1. The largest absolute Gasteiger partial charge is 0.426 e. The first-order valence-corrected chi connectivity index (χ1v) is 8.81. The number of carbonyl (C=O) groups is 2. The molecule has 0 aromatic heterocycles. The van der Waals surface area contributed by atoms with Crippen LogP contribution >= 0.6 is 0 Å². The Kier molecular flexibility index (Phi) is 5.66. The van der Waals surface area contributed by atoms with Crippen molar-refractivity contribution in [3.8, 4) is 11.5 Å². The van der Waals surface area contributed by atoms with E-state index in [1.54, 1.807) is 12.1 Å². The van der Waals surface area contributed by atoms with E-state index < -0.39 is 11.8 Å². The minimum absolute atomic E-state index is 0.0469. The van der Waals surface area contributed by atoms with Gasteiger partial charge in [0.1, 0.15) is 17.3 Å². The molecule has 1 fully saturated rings. The fraction of sp³-hybridized carbons (Fsp3) is 0.333. The lowest BCUT2D eigenvalue weighted by molar-refractivity contribution is -0.140. The molecule has 4 nitrogen and oxygen atoms in total. The SMILES string of the molecule is CC1CCC(C(=O)Oc2ccc(C(=O)Oc3ccc(F)cc3)cc2)CC1. The van der Waals surface area contributed by atoms with Crippen molar-refractivity contribution in [2.75, 3.05) is 0 Å². The summed E-state index contributed by atoms with van der Waals surface area (Å²) >= 11 is 0. The average Bonchev–Trinajstić information content (AvgIpc) is 2.64. The molecule has 136 valence electrons. The van der Waals surface area contributed by atoms with Gasteiger partial charge in [-0.3, -0.25) is 4.79 Å². The van der Waals surface area contributed by atoms with Crippen LogP contribution in [0.1, 0.15) is 43.0 Å². The molecular formula is C21H21FO4. The third-order valence-electron chi connectivity index (χ3n) is 4.68. The normalized spacial score (nSPS) is 19.6. The van der Waals surface area contributed by atoms with Crippen molar-refractivity contribution in [3.63, 3.8) is 0 Å². The van der Waals surface area contributed by atoms with Gasteiger partial charge in [0.15, 0.2) is 0 Å². The smallest absolute Gasteiger partial charge is 0.343 e. The zero-order valence-electron chi connectivity index (χ0n) is 14.6. The number of halogens is 1. The minimum atomic E-state index is -0.559. The highest BCUT2D eigenvalue weighted by Gasteiger charge is 2.26. The molecule has 1 saturated carbocycles. The molecule has 0 N–H and O–H groups in total. The van der Waals surface area contributed by atoms with Crippen LogP contribution in [0.25, 0.3) is 0 Å². The maximum Gasteiger partial charge on any atom is 0.343 e. The van der Waals surface area contributed by atoms with Gasteiger partial charge in [0.2, 0.25) is 0 Å². The van der Waals surface area contributed by atoms with Crippen molar-refractivity contribution in [3.05, 3.63) is 59.9 Å². The number of ether oxygens (including phenoxy) is 2. The van der Waals surface area contributed by atoms with E-state index >= 15 is 0 Å². The van der Waals surface area contributed by atoms with Crippen LogP contribution < -0.4 is 9.47 Å². The predicted molar refractivity (Wildman–Crippen MR) is 94.6 cm³/mol. The second-order valence-corrected chi connectivity index (χ2v) is 6.75. The van der Waals surface area contributed by atoms with Gasteiger partial charge >= 0.3 is 11.9 Å². The summed E-state index contributed by atoms with van der Waals surface area (Å²) in [4.78, 5) is 24.3. The van der Waals surface area contributed by atoms with Crippen molar-refractivity contribution in [1.29, 1.82) is 0 Å². The van der Waals surface area contributed by atoms with Crippen molar-refractivity contribution in [2.45, 2.75) is 32.6 Å². The van der Waals surface area contributed by atoms with Crippen molar-refractivity contribution in [2.24, 2.45) is 11.8 Å². The Morgan fingerprint density at radius 2 is 1.38 bits per heavy atom. The molecule has 3 rings (SSSR count). The molecule has 0 aliphatic heterocycles. The molecule has 1 aliphatic rings. The van der Waals surface area contributed by atoms with Gasteiger partial charge in [0, 0.05) is 0 Å². The van der Waals surface area contributed by atoms with Crippen LogP contribution in [0.3, 0.4) is 0 Å². The summed E-state index contributed by atoms with van der Waals surface area (Å²) in [6.45, 7) is 2.20. The highest BCUT2D eigenvalue weighted by molar-refractivity contribution is 5.91. The molecule has 0 bridgehead atoms. The molecule has 2 aromatic carbocycles. The number of rotatable bonds is 4. The van der Waals surface area contributed by atoms with Crippen molar-refractivity contribution in [1.82, 2.24) is 0 Å².